The Morgan fingerprint density at radius 3 is 2.55 bits per heavy atom. The van der Waals surface area contributed by atoms with Crippen LogP contribution in [0.3, 0.4) is 0 Å². The van der Waals surface area contributed by atoms with Gasteiger partial charge in [0.25, 0.3) is 0 Å². The number of anilines is 2. The first-order valence-corrected chi connectivity index (χ1v) is 9.59. The first-order valence-electron chi connectivity index (χ1n) is 9.59. The number of rotatable bonds is 6. The standard InChI is InChI=1S/C22H18N6O3/c23-11-14-2-4-17(5-3-14)27-22(29)26-7-1-6-25-21-16(12-24)8-15-9-19-20(31-13-30-19)10-18(15)28-21/h2-5,8-10H,1,6-7,13H2,(H,25,28)(H2,26,27,29). The number of pyridine rings is 1. The van der Waals surface area contributed by atoms with Crippen LogP contribution in [0.25, 0.3) is 10.9 Å². The molecule has 1 aromatic heterocycles. The zero-order valence-electron chi connectivity index (χ0n) is 16.4. The molecule has 0 saturated carbocycles. The van der Waals surface area contributed by atoms with Gasteiger partial charge in [0, 0.05) is 30.2 Å². The summed E-state index contributed by atoms with van der Waals surface area (Å²) in [5.74, 6) is 1.76. The molecule has 1 aliphatic rings. The van der Waals surface area contributed by atoms with Crippen molar-refractivity contribution in [2.75, 3.05) is 30.5 Å². The Hall–Kier alpha value is -4.50. The van der Waals surface area contributed by atoms with Crippen molar-refractivity contribution in [3.05, 3.63) is 53.6 Å². The predicted octanol–water partition coefficient (Wildman–Crippen LogP) is 3.33. The fourth-order valence-corrected chi connectivity index (χ4v) is 3.08. The first-order chi connectivity index (χ1) is 15.2. The second-order valence-electron chi connectivity index (χ2n) is 6.74. The lowest BCUT2D eigenvalue weighted by Gasteiger charge is -2.10. The monoisotopic (exact) mass is 414 g/mol. The van der Waals surface area contributed by atoms with Gasteiger partial charge in [0.2, 0.25) is 6.79 Å². The maximum Gasteiger partial charge on any atom is 0.319 e. The van der Waals surface area contributed by atoms with Crippen LogP contribution in [0.15, 0.2) is 42.5 Å². The molecule has 1 aliphatic heterocycles. The minimum atomic E-state index is -0.331. The largest absolute Gasteiger partial charge is 0.454 e. The van der Waals surface area contributed by atoms with E-state index in [-0.39, 0.29) is 12.8 Å². The van der Waals surface area contributed by atoms with Crippen molar-refractivity contribution in [3.63, 3.8) is 0 Å². The summed E-state index contributed by atoms with van der Waals surface area (Å²) in [5, 5.41) is 27.7. The minimum Gasteiger partial charge on any atom is -0.454 e. The average Bonchev–Trinajstić information content (AvgIpc) is 3.24. The highest BCUT2D eigenvalue weighted by atomic mass is 16.7. The summed E-state index contributed by atoms with van der Waals surface area (Å²) in [5.41, 5.74) is 2.26. The summed E-state index contributed by atoms with van der Waals surface area (Å²) in [6, 6.07) is 15.8. The first kappa shape index (κ1) is 19.8. The topological polar surface area (TPSA) is 132 Å². The molecule has 31 heavy (non-hydrogen) atoms. The van der Waals surface area contributed by atoms with Gasteiger partial charge < -0.3 is 25.4 Å². The molecule has 3 aromatic rings. The summed E-state index contributed by atoms with van der Waals surface area (Å²) in [7, 11) is 0. The van der Waals surface area contributed by atoms with E-state index in [1.807, 2.05) is 12.1 Å². The molecule has 0 radical (unpaired) electrons. The number of nitrogens with one attached hydrogen (secondary N) is 3. The van der Waals surface area contributed by atoms with Crippen LogP contribution in [0, 0.1) is 22.7 Å². The molecule has 0 bridgehead atoms. The van der Waals surface area contributed by atoms with Crippen LogP contribution in [-0.2, 0) is 0 Å². The van der Waals surface area contributed by atoms with E-state index >= 15 is 0 Å². The van der Waals surface area contributed by atoms with E-state index < -0.39 is 0 Å². The van der Waals surface area contributed by atoms with E-state index in [1.54, 1.807) is 36.4 Å². The second kappa shape index (κ2) is 8.89. The van der Waals surface area contributed by atoms with Gasteiger partial charge in [-0.25, -0.2) is 9.78 Å². The van der Waals surface area contributed by atoms with Crippen molar-refractivity contribution >= 4 is 28.4 Å². The van der Waals surface area contributed by atoms with Gasteiger partial charge in [-0.15, -0.1) is 0 Å². The number of carbonyl (C=O) groups excluding carboxylic acids is 1. The molecular formula is C22H18N6O3. The van der Waals surface area contributed by atoms with E-state index in [0.29, 0.717) is 59.2 Å². The highest BCUT2D eigenvalue weighted by Gasteiger charge is 2.16. The van der Waals surface area contributed by atoms with Gasteiger partial charge in [-0.1, -0.05) is 0 Å². The Labute approximate surface area is 178 Å². The summed E-state index contributed by atoms with van der Waals surface area (Å²) in [4.78, 5) is 16.5. The van der Waals surface area contributed by atoms with E-state index in [2.05, 4.69) is 27.0 Å². The van der Waals surface area contributed by atoms with Crippen LogP contribution >= 0.6 is 0 Å². The Morgan fingerprint density at radius 1 is 1.03 bits per heavy atom. The molecule has 9 nitrogen and oxygen atoms in total. The smallest absolute Gasteiger partial charge is 0.319 e. The quantitative estimate of drug-likeness (QED) is 0.527. The zero-order valence-corrected chi connectivity index (χ0v) is 16.4. The van der Waals surface area contributed by atoms with Gasteiger partial charge in [-0.2, -0.15) is 10.5 Å². The van der Waals surface area contributed by atoms with Crippen molar-refractivity contribution < 1.29 is 14.3 Å². The fraction of sp³-hybridized carbons (Fsp3) is 0.182. The molecular weight excluding hydrogens is 396 g/mol. The van der Waals surface area contributed by atoms with Crippen molar-refractivity contribution in [1.82, 2.24) is 10.3 Å². The van der Waals surface area contributed by atoms with Gasteiger partial charge in [-0.05, 0) is 42.8 Å². The molecule has 0 fully saturated rings. The lowest BCUT2D eigenvalue weighted by atomic mass is 10.1. The zero-order chi connectivity index (χ0) is 21.6. The van der Waals surface area contributed by atoms with Crippen molar-refractivity contribution in [3.8, 4) is 23.6 Å². The molecule has 0 unspecified atom stereocenters. The van der Waals surface area contributed by atoms with Gasteiger partial charge in [-0.3, -0.25) is 0 Å². The Kier molecular flexibility index (Phi) is 5.68. The third kappa shape index (κ3) is 4.57. The predicted molar refractivity (Wildman–Crippen MR) is 114 cm³/mol. The van der Waals surface area contributed by atoms with Gasteiger partial charge >= 0.3 is 6.03 Å². The third-order valence-corrected chi connectivity index (χ3v) is 4.63. The number of ether oxygens (including phenoxy) is 2. The van der Waals surface area contributed by atoms with E-state index in [9.17, 15) is 10.1 Å². The molecule has 2 amide bonds. The summed E-state index contributed by atoms with van der Waals surface area (Å²) >= 11 is 0. The molecule has 0 spiro atoms. The molecule has 3 N–H and O–H groups in total. The van der Waals surface area contributed by atoms with Gasteiger partial charge in [0.1, 0.15) is 11.9 Å². The second-order valence-corrected chi connectivity index (χ2v) is 6.74. The van der Waals surface area contributed by atoms with E-state index in [4.69, 9.17) is 14.7 Å². The normalized spacial score (nSPS) is 11.4. The Bertz CT molecular complexity index is 1210. The number of aromatic nitrogens is 1. The fourth-order valence-electron chi connectivity index (χ4n) is 3.08. The number of benzene rings is 2. The number of fused-ring (bicyclic) bond motifs is 2. The molecule has 0 aliphatic carbocycles. The van der Waals surface area contributed by atoms with Crippen LogP contribution in [-0.4, -0.2) is 30.9 Å². The van der Waals surface area contributed by atoms with Crippen molar-refractivity contribution in [2.45, 2.75) is 6.42 Å². The highest BCUT2D eigenvalue weighted by Crippen LogP contribution is 2.36. The molecule has 154 valence electrons. The summed E-state index contributed by atoms with van der Waals surface area (Å²) in [6.07, 6.45) is 0.631. The van der Waals surface area contributed by atoms with E-state index in [1.165, 1.54) is 0 Å². The van der Waals surface area contributed by atoms with Gasteiger partial charge in [0.15, 0.2) is 11.5 Å². The lowest BCUT2D eigenvalue weighted by Crippen LogP contribution is -2.30. The number of nitrogens with zero attached hydrogens (tertiary/aromatic N) is 3. The van der Waals surface area contributed by atoms with Crippen LogP contribution in [0.4, 0.5) is 16.3 Å². The Morgan fingerprint density at radius 2 is 1.81 bits per heavy atom. The van der Waals surface area contributed by atoms with E-state index in [0.717, 1.165) is 5.39 Å². The maximum absolute atomic E-state index is 12.0. The molecule has 4 rings (SSSR count). The number of hydrogen-bond donors (Lipinski definition) is 3. The number of amides is 2. The summed E-state index contributed by atoms with van der Waals surface area (Å²) < 4.78 is 10.8. The number of nitriles is 2. The minimum absolute atomic E-state index is 0.174. The van der Waals surface area contributed by atoms with Crippen LogP contribution < -0.4 is 25.4 Å². The number of carbonyl (C=O) groups is 1. The third-order valence-electron chi connectivity index (χ3n) is 4.63. The number of urea groups is 1. The van der Waals surface area contributed by atoms with Crippen LogP contribution in [0.2, 0.25) is 0 Å². The highest BCUT2D eigenvalue weighted by molar-refractivity contribution is 5.89. The average molecular weight is 414 g/mol. The molecule has 2 aromatic carbocycles. The molecule has 9 heteroatoms. The Balaban J connectivity index is 1.29. The summed E-state index contributed by atoms with van der Waals surface area (Å²) in [6.45, 7) is 1.13. The van der Waals surface area contributed by atoms with Crippen LogP contribution in [0.5, 0.6) is 11.5 Å². The van der Waals surface area contributed by atoms with Crippen LogP contribution in [0.1, 0.15) is 17.5 Å². The van der Waals surface area contributed by atoms with Crippen molar-refractivity contribution in [2.24, 2.45) is 0 Å². The van der Waals surface area contributed by atoms with Crippen molar-refractivity contribution in [1.29, 1.82) is 10.5 Å². The van der Waals surface area contributed by atoms with Gasteiger partial charge in [0.05, 0.1) is 22.7 Å². The SMILES string of the molecule is N#Cc1ccc(NC(=O)NCCCNc2nc3cc4c(cc3cc2C#N)OCO4)cc1. The number of hydrogen-bond acceptors (Lipinski definition) is 7. The molecule has 0 saturated heterocycles. The maximum atomic E-state index is 12.0. The molecule has 2 heterocycles. The molecule has 0 atom stereocenters. The lowest BCUT2D eigenvalue weighted by molar-refractivity contribution is 0.174.